The summed E-state index contributed by atoms with van der Waals surface area (Å²) in [4.78, 5) is 5.43. The van der Waals surface area contributed by atoms with Gasteiger partial charge in [0.25, 0.3) is 0 Å². The van der Waals surface area contributed by atoms with Crippen LogP contribution in [0.25, 0.3) is 5.57 Å². The van der Waals surface area contributed by atoms with Crippen LogP contribution in [-0.2, 0) is 0 Å². The minimum Gasteiger partial charge on any atom is -0.375 e. The Morgan fingerprint density at radius 2 is 2.31 bits per heavy atom. The fourth-order valence-corrected chi connectivity index (χ4v) is 2.57. The summed E-state index contributed by atoms with van der Waals surface area (Å²) in [7, 11) is 0. The van der Waals surface area contributed by atoms with Gasteiger partial charge >= 0.3 is 0 Å². The largest absolute Gasteiger partial charge is 0.375 e. The summed E-state index contributed by atoms with van der Waals surface area (Å²) in [5.74, 6) is 0.613. The van der Waals surface area contributed by atoms with Crippen molar-refractivity contribution in [1.82, 2.24) is 4.98 Å². The Morgan fingerprint density at radius 3 is 3.00 bits per heavy atom. The van der Waals surface area contributed by atoms with Gasteiger partial charge in [0, 0.05) is 0 Å². The molecular weight excluding hydrogens is 216 g/mol. The number of hydrogen-bond acceptors (Lipinski definition) is 3. The molecule has 0 aliphatic heterocycles. The first-order valence-electron chi connectivity index (χ1n) is 5.45. The molecule has 1 aliphatic rings. The van der Waals surface area contributed by atoms with E-state index in [0.717, 1.165) is 12.1 Å². The maximum Gasteiger partial charge on any atom is 0.180 e. The van der Waals surface area contributed by atoms with Crippen LogP contribution in [0.15, 0.2) is 30.4 Å². The topological polar surface area (TPSA) is 38.9 Å². The van der Waals surface area contributed by atoms with E-state index in [0.29, 0.717) is 11.0 Å². The van der Waals surface area contributed by atoms with E-state index >= 15 is 0 Å². The van der Waals surface area contributed by atoms with Gasteiger partial charge in [-0.1, -0.05) is 48.6 Å². The lowest BCUT2D eigenvalue weighted by Crippen LogP contribution is -1.89. The highest BCUT2D eigenvalue weighted by Gasteiger charge is 2.08. The number of nitrogens with two attached hydrogens (primary N) is 1. The molecule has 2 nitrogen and oxygen atoms in total. The third kappa shape index (κ3) is 2.42. The standard InChI is InChI=1S/C13H16N2S/c1-9-5-3-7-11(8-4-6-9)12-10(2)15-13(14)16-12/h3-5,7-9H,6H2,1-2H3,(H2,14,15). The Bertz CT molecular complexity index is 466. The fraction of sp³-hybridized carbons (Fsp3) is 0.308. The first-order valence-corrected chi connectivity index (χ1v) is 6.27. The minimum atomic E-state index is 0.613. The summed E-state index contributed by atoms with van der Waals surface area (Å²) in [5, 5.41) is 0.640. The number of thiazole rings is 1. The molecule has 0 saturated heterocycles. The van der Waals surface area contributed by atoms with Gasteiger partial charge in [-0.2, -0.15) is 0 Å². The number of nitrogens with zero attached hydrogens (tertiary/aromatic N) is 1. The molecular formula is C13H16N2S. The molecule has 0 amide bonds. The van der Waals surface area contributed by atoms with Crippen molar-refractivity contribution in [2.75, 3.05) is 5.73 Å². The van der Waals surface area contributed by atoms with Gasteiger partial charge in [-0.3, -0.25) is 0 Å². The smallest absolute Gasteiger partial charge is 0.180 e. The number of rotatable bonds is 1. The van der Waals surface area contributed by atoms with Crippen molar-refractivity contribution < 1.29 is 0 Å². The SMILES string of the molecule is Cc1nc(N)sc1C1=CC=CC(C)CC=C1. The van der Waals surface area contributed by atoms with Crippen molar-refractivity contribution in [3.8, 4) is 0 Å². The lowest BCUT2D eigenvalue weighted by atomic mass is 10.0. The predicted molar refractivity (Wildman–Crippen MR) is 71.3 cm³/mol. The molecule has 1 aliphatic carbocycles. The number of nitrogen functional groups attached to an aromatic ring is 1. The molecule has 0 fully saturated rings. The van der Waals surface area contributed by atoms with Crippen molar-refractivity contribution in [1.29, 1.82) is 0 Å². The van der Waals surface area contributed by atoms with Gasteiger partial charge in [0.15, 0.2) is 5.13 Å². The van der Waals surface area contributed by atoms with Crippen LogP contribution in [0, 0.1) is 12.8 Å². The highest BCUT2D eigenvalue weighted by Crippen LogP contribution is 2.29. The Kier molecular flexibility index (Phi) is 3.25. The van der Waals surface area contributed by atoms with Crippen LogP contribution in [0.3, 0.4) is 0 Å². The van der Waals surface area contributed by atoms with E-state index in [-0.39, 0.29) is 0 Å². The zero-order valence-electron chi connectivity index (χ0n) is 9.60. The molecule has 1 aromatic rings. The number of anilines is 1. The quantitative estimate of drug-likeness (QED) is 0.804. The van der Waals surface area contributed by atoms with Gasteiger partial charge in [-0.15, -0.1) is 0 Å². The minimum absolute atomic E-state index is 0.613. The Morgan fingerprint density at radius 1 is 1.50 bits per heavy atom. The average Bonchev–Trinajstić information content (AvgIpc) is 2.51. The van der Waals surface area contributed by atoms with E-state index < -0.39 is 0 Å². The van der Waals surface area contributed by atoms with Crippen molar-refractivity contribution in [2.24, 2.45) is 5.92 Å². The van der Waals surface area contributed by atoms with E-state index in [1.165, 1.54) is 10.5 Å². The highest BCUT2D eigenvalue weighted by molar-refractivity contribution is 7.16. The average molecular weight is 232 g/mol. The maximum absolute atomic E-state index is 5.72. The van der Waals surface area contributed by atoms with Gasteiger partial charge < -0.3 is 5.73 Å². The zero-order chi connectivity index (χ0) is 11.5. The van der Waals surface area contributed by atoms with Crippen LogP contribution in [0.4, 0.5) is 5.13 Å². The molecule has 1 aromatic heterocycles. The first-order chi connectivity index (χ1) is 7.66. The first kappa shape index (κ1) is 11.1. The molecule has 0 spiro atoms. The lowest BCUT2D eigenvalue weighted by molar-refractivity contribution is 0.744. The molecule has 2 rings (SSSR count). The molecule has 0 saturated carbocycles. The van der Waals surface area contributed by atoms with E-state index in [1.807, 2.05) is 6.92 Å². The Hall–Kier alpha value is -1.35. The van der Waals surface area contributed by atoms with Crippen molar-refractivity contribution in [2.45, 2.75) is 20.3 Å². The van der Waals surface area contributed by atoms with Crippen LogP contribution >= 0.6 is 11.3 Å². The van der Waals surface area contributed by atoms with Crippen LogP contribution in [0.5, 0.6) is 0 Å². The molecule has 1 atom stereocenters. The van der Waals surface area contributed by atoms with Crippen molar-refractivity contribution in [3.63, 3.8) is 0 Å². The fourth-order valence-electron chi connectivity index (χ4n) is 1.73. The molecule has 2 N–H and O–H groups in total. The summed E-state index contributed by atoms with van der Waals surface area (Å²) in [6, 6.07) is 0. The van der Waals surface area contributed by atoms with E-state index in [2.05, 4.69) is 42.3 Å². The molecule has 1 heterocycles. The van der Waals surface area contributed by atoms with Crippen LogP contribution in [-0.4, -0.2) is 4.98 Å². The van der Waals surface area contributed by atoms with Gasteiger partial charge in [0.05, 0.1) is 10.6 Å². The molecule has 3 heteroatoms. The molecule has 0 radical (unpaired) electrons. The third-order valence-electron chi connectivity index (χ3n) is 2.60. The summed E-state index contributed by atoms with van der Waals surface area (Å²) >= 11 is 1.55. The third-order valence-corrected chi connectivity index (χ3v) is 3.63. The van der Waals surface area contributed by atoms with E-state index in [1.54, 1.807) is 11.3 Å². The molecule has 1 unspecified atom stereocenters. The summed E-state index contributed by atoms with van der Waals surface area (Å²) in [6.45, 7) is 4.22. The highest BCUT2D eigenvalue weighted by atomic mass is 32.1. The second-order valence-corrected chi connectivity index (χ2v) is 5.12. The van der Waals surface area contributed by atoms with Crippen molar-refractivity contribution in [3.05, 3.63) is 41.0 Å². The predicted octanol–water partition coefficient (Wildman–Crippen LogP) is 3.57. The van der Waals surface area contributed by atoms with Crippen molar-refractivity contribution >= 4 is 22.0 Å². The van der Waals surface area contributed by atoms with Gasteiger partial charge in [0.1, 0.15) is 0 Å². The second-order valence-electron chi connectivity index (χ2n) is 4.09. The number of allylic oxidation sites excluding steroid dienone is 6. The summed E-state index contributed by atoms with van der Waals surface area (Å²) in [5.41, 5.74) is 7.93. The molecule has 16 heavy (non-hydrogen) atoms. The number of aromatic nitrogens is 1. The maximum atomic E-state index is 5.72. The van der Waals surface area contributed by atoms with Crippen LogP contribution in [0.1, 0.15) is 23.9 Å². The van der Waals surface area contributed by atoms with E-state index in [9.17, 15) is 0 Å². The van der Waals surface area contributed by atoms with Gasteiger partial charge in [0.2, 0.25) is 0 Å². The summed E-state index contributed by atoms with van der Waals surface area (Å²) < 4.78 is 0. The molecule has 0 aromatic carbocycles. The number of aryl methyl sites for hydroxylation is 1. The normalized spacial score (nSPS) is 20.4. The van der Waals surface area contributed by atoms with Crippen LogP contribution < -0.4 is 5.73 Å². The Labute approximate surface area is 100 Å². The molecule has 84 valence electrons. The number of hydrogen-bond donors (Lipinski definition) is 1. The lowest BCUT2D eigenvalue weighted by Gasteiger charge is -2.05. The van der Waals surface area contributed by atoms with Gasteiger partial charge in [-0.05, 0) is 24.8 Å². The van der Waals surface area contributed by atoms with Gasteiger partial charge in [-0.25, -0.2) is 4.98 Å². The van der Waals surface area contributed by atoms with Crippen LogP contribution in [0.2, 0.25) is 0 Å². The summed E-state index contributed by atoms with van der Waals surface area (Å²) in [6.07, 6.45) is 11.9. The molecule has 0 bridgehead atoms. The van der Waals surface area contributed by atoms with E-state index in [4.69, 9.17) is 5.73 Å². The zero-order valence-corrected chi connectivity index (χ0v) is 10.4. The monoisotopic (exact) mass is 232 g/mol. The second kappa shape index (κ2) is 4.66. The Balaban J connectivity index is 2.36.